The molecule has 0 unspecified atom stereocenters. The second-order valence-corrected chi connectivity index (χ2v) is 6.66. The smallest absolute Gasteiger partial charge is 0.342 e. The normalized spacial score (nSPS) is 22.4. The summed E-state index contributed by atoms with van der Waals surface area (Å²) in [7, 11) is 4.47. The fraction of sp³-hybridized carbons (Fsp3) is 0.455. The molecule has 1 aromatic carbocycles. The summed E-state index contributed by atoms with van der Waals surface area (Å²) in [6, 6.07) is 3.24. The van der Waals surface area contributed by atoms with E-state index >= 15 is 0 Å². The zero-order valence-electron chi connectivity index (χ0n) is 17.7. The Morgan fingerprint density at radius 3 is 2.60 bits per heavy atom. The molecule has 0 radical (unpaired) electrons. The van der Waals surface area contributed by atoms with Crippen molar-refractivity contribution in [1.29, 1.82) is 0 Å². The number of rotatable bonds is 6. The van der Waals surface area contributed by atoms with Crippen LogP contribution < -0.4 is 9.62 Å². The lowest BCUT2D eigenvalue weighted by Gasteiger charge is -2.17. The third-order valence-corrected chi connectivity index (χ3v) is 4.41. The standard InChI is InChI=1S/C22H28O8/c1-15-8-7-10-18(23)19(27-4)11-6-5-9-16-12-17(26-3)13-20(30-28-14-25-2)21(16)22(24)29-15/h5,7,9-10,12-13,15,19H,6,8,11,14H2,1-4H3/b9-5+,10-7-/t15-,19-/m0/s1. The van der Waals surface area contributed by atoms with Gasteiger partial charge in [-0.1, -0.05) is 18.2 Å². The summed E-state index contributed by atoms with van der Waals surface area (Å²) in [5, 5.41) is 0. The van der Waals surface area contributed by atoms with Crippen LogP contribution in [0.5, 0.6) is 11.5 Å². The molecule has 2 rings (SSSR count). The van der Waals surface area contributed by atoms with E-state index in [0.29, 0.717) is 30.6 Å². The number of allylic oxidation sites excluding steroid dienone is 1. The highest BCUT2D eigenvalue weighted by Crippen LogP contribution is 2.31. The molecule has 30 heavy (non-hydrogen) atoms. The predicted molar refractivity (Wildman–Crippen MR) is 109 cm³/mol. The summed E-state index contributed by atoms with van der Waals surface area (Å²) in [4.78, 5) is 35.4. The first-order valence-electron chi connectivity index (χ1n) is 9.61. The highest BCUT2D eigenvalue weighted by Gasteiger charge is 2.23. The van der Waals surface area contributed by atoms with Gasteiger partial charge in [0.25, 0.3) is 0 Å². The van der Waals surface area contributed by atoms with Crippen LogP contribution in [0.25, 0.3) is 6.08 Å². The van der Waals surface area contributed by atoms with E-state index in [1.165, 1.54) is 33.5 Å². The summed E-state index contributed by atoms with van der Waals surface area (Å²) >= 11 is 0. The van der Waals surface area contributed by atoms with Crippen molar-refractivity contribution < 1.29 is 38.3 Å². The molecule has 0 bridgehead atoms. The number of cyclic esters (lactones) is 1. The van der Waals surface area contributed by atoms with Gasteiger partial charge in [-0.25, -0.2) is 4.79 Å². The molecule has 164 valence electrons. The van der Waals surface area contributed by atoms with Crippen LogP contribution in [0, 0.1) is 0 Å². The van der Waals surface area contributed by atoms with Gasteiger partial charge < -0.3 is 23.8 Å². The molecule has 0 saturated heterocycles. The van der Waals surface area contributed by atoms with Gasteiger partial charge in [-0.2, -0.15) is 4.89 Å². The quantitative estimate of drug-likeness (QED) is 0.227. The lowest BCUT2D eigenvalue weighted by atomic mass is 10.0. The molecule has 0 amide bonds. The molecule has 1 heterocycles. The molecule has 1 aromatic rings. The Bertz CT molecular complexity index is 784. The number of hydrogen-bond acceptors (Lipinski definition) is 8. The van der Waals surface area contributed by atoms with Crippen LogP contribution in [-0.2, 0) is 23.9 Å². The first-order chi connectivity index (χ1) is 14.5. The predicted octanol–water partition coefficient (Wildman–Crippen LogP) is 3.49. The summed E-state index contributed by atoms with van der Waals surface area (Å²) < 4.78 is 21.0. The SMILES string of the molecule is COCOOc1cc(OC)cc2c1C(=O)O[C@@H](C)C/C=C\C(=O)[C@@H](OC)CC/C=C/2. The second kappa shape index (κ2) is 12.1. The third kappa shape index (κ3) is 6.69. The van der Waals surface area contributed by atoms with Crippen molar-refractivity contribution in [2.24, 2.45) is 0 Å². The Morgan fingerprint density at radius 1 is 1.10 bits per heavy atom. The Labute approximate surface area is 176 Å². The third-order valence-electron chi connectivity index (χ3n) is 4.41. The highest BCUT2D eigenvalue weighted by atomic mass is 17.2. The maximum atomic E-state index is 12.9. The molecule has 0 aliphatic carbocycles. The fourth-order valence-electron chi connectivity index (χ4n) is 2.89. The monoisotopic (exact) mass is 420 g/mol. The van der Waals surface area contributed by atoms with Crippen molar-refractivity contribution in [3.8, 4) is 11.5 Å². The number of carbonyl (C=O) groups is 2. The van der Waals surface area contributed by atoms with Crippen LogP contribution in [0.4, 0.5) is 0 Å². The van der Waals surface area contributed by atoms with Gasteiger partial charge in [0, 0.05) is 26.7 Å². The average molecular weight is 420 g/mol. The van der Waals surface area contributed by atoms with E-state index < -0.39 is 18.2 Å². The van der Waals surface area contributed by atoms with Crippen LogP contribution >= 0.6 is 0 Å². The molecule has 0 fully saturated rings. The number of methoxy groups -OCH3 is 3. The van der Waals surface area contributed by atoms with Crippen molar-refractivity contribution in [1.82, 2.24) is 0 Å². The molecule has 8 nitrogen and oxygen atoms in total. The second-order valence-electron chi connectivity index (χ2n) is 6.66. The molecule has 0 N–H and O–H groups in total. The van der Waals surface area contributed by atoms with Gasteiger partial charge >= 0.3 is 5.97 Å². The van der Waals surface area contributed by atoms with Gasteiger partial charge in [-0.3, -0.25) is 4.79 Å². The first-order valence-corrected chi connectivity index (χ1v) is 9.61. The number of esters is 1. The molecule has 0 spiro atoms. The van der Waals surface area contributed by atoms with Gasteiger partial charge in [-0.05, 0) is 37.5 Å². The summed E-state index contributed by atoms with van der Waals surface area (Å²) in [5.74, 6) is -0.0676. The highest BCUT2D eigenvalue weighted by molar-refractivity contribution is 5.97. The van der Waals surface area contributed by atoms with E-state index in [-0.39, 0.29) is 23.9 Å². The Hall–Kier alpha value is -2.68. The molecule has 0 saturated carbocycles. The van der Waals surface area contributed by atoms with Crippen LogP contribution in [-0.4, -0.2) is 52.1 Å². The van der Waals surface area contributed by atoms with Crippen LogP contribution in [0.2, 0.25) is 0 Å². The van der Waals surface area contributed by atoms with Gasteiger partial charge in [0.15, 0.2) is 18.3 Å². The van der Waals surface area contributed by atoms with Gasteiger partial charge in [0.05, 0.1) is 7.11 Å². The largest absolute Gasteiger partial charge is 0.497 e. The molecule has 1 aliphatic heterocycles. The van der Waals surface area contributed by atoms with E-state index in [4.69, 9.17) is 28.7 Å². The molecule has 2 atom stereocenters. The molecule has 0 aromatic heterocycles. The van der Waals surface area contributed by atoms with Crippen molar-refractivity contribution in [2.45, 2.75) is 38.4 Å². The summed E-state index contributed by atoms with van der Waals surface area (Å²) in [6.45, 7) is 1.62. The van der Waals surface area contributed by atoms with Gasteiger partial charge in [0.1, 0.15) is 23.5 Å². The van der Waals surface area contributed by atoms with Gasteiger partial charge in [0.2, 0.25) is 0 Å². The Kier molecular flexibility index (Phi) is 9.53. The van der Waals surface area contributed by atoms with Crippen molar-refractivity contribution in [3.63, 3.8) is 0 Å². The van der Waals surface area contributed by atoms with E-state index in [2.05, 4.69) is 0 Å². The zero-order chi connectivity index (χ0) is 21.9. The van der Waals surface area contributed by atoms with E-state index in [0.717, 1.165) is 0 Å². The number of carbonyl (C=O) groups excluding carboxylic acids is 2. The van der Waals surface area contributed by atoms with E-state index in [9.17, 15) is 9.59 Å². The number of hydrogen-bond donors (Lipinski definition) is 0. The number of ether oxygens (including phenoxy) is 4. The average Bonchev–Trinajstić information content (AvgIpc) is 2.72. The van der Waals surface area contributed by atoms with Crippen LogP contribution in [0.1, 0.15) is 42.1 Å². The maximum absolute atomic E-state index is 12.9. The summed E-state index contributed by atoms with van der Waals surface area (Å²) in [6.07, 6.45) is 7.23. The number of ketones is 1. The minimum atomic E-state index is -0.577. The number of fused-ring (bicyclic) bond motifs is 1. The van der Waals surface area contributed by atoms with E-state index in [1.54, 1.807) is 25.1 Å². The zero-order valence-corrected chi connectivity index (χ0v) is 17.7. The van der Waals surface area contributed by atoms with Crippen molar-refractivity contribution in [3.05, 3.63) is 41.5 Å². The van der Waals surface area contributed by atoms with Gasteiger partial charge in [-0.15, -0.1) is 0 Å². The first kappa shape index (κ1) is 23.6. The minimum absolute atomic E-state index is 0.116. The minimum Gasteiger partial charge on any atom is -0.497 e. The topological polar surface area (TPSA) is 89.5 Å². The molecular weight excluding hydrogens is 392 g/mol. The van der Waals surface area contributed by atoms with Crippen molar-refractivity contribution >= 4 is 17.8 Å². The van der Waals surface area contributed by atoms with Crippen LogP contribution in [0.15, 0.2) is 30.4 Å². The Morgan fingerprint density at radius 2 is 1.90 bits per heavy atom. The maximum Gasteiger partial charge on any atom is 0.342 e. The lowest BCUT2D eigenvalue weighted by molar-refractivity contribution is -0.260. The fourth-order valence-corrected chi connectivity index (χ4v) is 2.89. The molecular formula is C22H28O8. The summed E-state index contributed by atoms with van der Waals surface area (Å²) in [5.41, 5.74) is 0.742. The lowest BCUT2D eigenvalue weighted by Crippen LogP contribution is -2.21. The Balaban J connectivity index is 2.44. The van der Waals surface area contributed by atoms with E-state index in [1.807, 2.05) is 6.08 Å². The van der Waals surface area contributed by atoms with Crippen LogP contribution in [0.3, 0.4) is 0 Å². The molecule has 8 heteroatoms. The van der Waals surface area contributed by atoms with Crippen molar-refractivity contribution in [2.75, 3.05) is 28.1 Å². The molecule has 1 aliphatic rings. The number of benzene rings is 1.